The molecule has 0 aromatic carbocycles. The van der Waals surface area contributed by atoms with Crippen molar-refractivity contribution in [2.24, 2.45) is 5.92 Å². The number of aryl methyl sites for hydroxylation is 1. The van der Waals surface area contributed by atoms with Crippen molar-refractivity contribution in [2.45, 2.75) is 57.9 Å². The van der Waals surface area contributed by atoms with E-state index < -0.39 is 11.9 Å². The molecule has 9 nitrogen and oxygen atoms in total. The average Bonchev–Trinajstić information content (AvgIpc) is 2.67. The minimum absolute atomic E-state index is 0.0598. The molecule has 1 aliphatic heterocycles. The Morgan fingerprint density at radius 2 is 1.81 bits per heavy atom. The van der Waals surface area contributed by atoms with E-state index in [0.29, 0.717) is 29.0 Å². The fourth-order valence-electron chi connectivity index (χ4n) is 4.07. The van der Waals surface area contributed by atoms with Gasteiger partial charge in [-0.15, -0.1) is 0 Å². The molecule has 0 radical (unpaired) electrons. The molecule has 2 aliphatic rings. The quantitative estimate of drug-likeness (QED) is 0.638. The number of halogens is 3. The second-order valence-corrected chi connectivity index (χ2v) is 8.56. The van der Waals surface area contributed by atoms with Crippen molar-refractivity contribution >= 4 is 29.2 Å². The van der Waals surface area contributed by atoms with E-state index in [9.17, 15) is 18.0 Å². The molecule has 3 heterocycles. The summed E-state index contributed by atoms with van der Waals surface area (Å²) in [5, 5.41) is 9.31. The molecule has 1 amide bonds. The highest BCUT2D eigenvalue weighted by Crippen LogP contribution is 2.35. The Bertz CT molecular complexity index is 1010. The summed E-state index contributed by atoms with van der Waals surface area (Å²) in [5.41, 5.74) is 0.278. The molecule has 1 aliphatic carbocycles. The first-order valence-corrected chi connectivity index (χ1v) is 10.4. The number of carbonyl (C=O) groups excluding carboxylic acids is 1. The predicted molar refractivity (Wildman–Crippen MR) is 114 cm³/mol. The third-order valence-corrected chi connectivity index (χ3v) is 5.74. The van der Waals surface area contributed by atoms with Crippen LogP contribution in [-0.2, 0) is 11.0 Å². The molecule has 4 rings (SSSR count). The Morgan fingerprint density at radius 1 is 1.12 bits per heavy atom. The van der Waals surface area contributed by atoms with E-state index in [4.69, 9.17) is 0 Å². The lowest BCUT2D eigenvalue weighted by Gasteiger charge is -2.38. The van der Waals surface area contributed by atoms with Crippen LogP contribution in [0.2, 0.25) is 0 Å². The summed E-state index contributed by atoms with van der Waals surface area (Å²) in [6.07, 6.45) is -1.24. The molecule has 2 aromatic rings. The van der Waals surface area contributed by atoms with E-state index in [1.165, 1.54) is 0 Å². The molecule has 1 unspecified atom stereocenters. The number of hydrogen-bond acceptors (Lipinski definition) is 8. The van der Waals surface area contributed by atoms with Crippen molar-refractivity contribution in [3.05, 3.63) is 23.8 Å². The highest BCUT2D eigenvalue weighted by atomic mass is 19.4. The van der Waals surface area contributed by atoms with Crippen LogP contribution in [0.15, 0.2) is 12.4 Å². The van der Waals surface area contributed by atoms with E-state index in [1.54, 1.807) is 0 Å². The average molecular weight is 450 g/mol. The third-order valence-electron chi connectivity index (χ3n) is 5.74. The van der Waals surface area contributed by atoms with Crippen molar-refractivity contribution in [3.63, 3.8) is 0 Å². The number of aromatic nitrogens is 4. The van der Waals surface area contributed by atoms with Gasteiger partial charge in [0, 0.05) is 19.1 Å². The summed E-state index contributed by atoms with van der Waals surface area (Å²) in [4.78, 5) is 30.6. The Hall–Kier alpha value is -3.18. The second-order valence-electron chi connectivity index (χ2n) is 8.56. The van der Waals surface area contributed by atoms with Crippen LogP contribution in [-0.4, -0.2) is 51.0 Å². The molecule has 0 bridgehead atoms. The molecule has 0 saturated heterocycles. The minimum Gasteiger partial charge on any atom is -0.366 e. The zero-order chi connectivity index (χ0) is 23.2. The van der Waals surface area contributed by atoms with Crippen molar-refractivity contribution < 1.29 is 18.0 Å². The molecule has 32 heavy (non-hydrogen) atoms. The van der Waals surface area contributed by atoms with Crippen molar-refractivity contribution in [1.82, 2.24) is 19.9 Å². The topological polar surface area (TPSA) is 108 Å². The lowest BCUT2D eigenvalue weighted by molar-refractivity contribution is -0.141. The standard InChI is InChI=1S/C20H25F3N8O/c1-9(2)16-18(32)29-15-10(3)26-19(30-17(15)31(16)4)28-12-5-11(6-12)27-14-8-24-13(7-25-14)20(21,22)23/h7-9,11-12,16H,5-6H2,1-4H3,(H,25,27)(H,29,32)(H,26,28,30)/t11-,12+,16?. The lowest BCUT2D eigenvalue weighted by atomic mass is 9.87. The number of rotatable bonds is 5. The van der Waals surface area contributed by atoms with Gasteiger partial charge in [0.15, 0.2) is 11.5 Å². The number of nitrogens with one attached hydrogen (secondary N) is 3. The molecular weight excluding hydrogens is 425 g/mol. The normalized spacial score (nSPS) is 22.8. The van der Waals surface area contributed by atoms with Crippen molar-refractivity contribution in [3.8, 4) is 0 Å². The van der Waals surface area contributed by atoms with Gasteiger partial charge in [0.2, 0.25) is 11.9 Å². The lowest BCUT2D eigenvalue weighted by Crippen LogP contribution is -2.50. The van der Waals surface area contributed by atoms with Gasteiger partial charge in [0.05, 0.1) is 18.1 Å². The van der Waals surface area contributed by atoms with E-state index in [0.717, 1.165) is 25.2 Å². The van der Waals surface area contributed by atoms with E-state index in [1.807, 2.05) is 32.7 Å². The monoisotopic (exact) mass is 450 g/mol. The number of carbonyl (C=O) groups is 1. The van der Waals surface area contributed by atoms with Gasteiger partial charge in [-0.25, -0.2) is 15.0 Å². The van der Waals surface area contributed by atoms with Gasteiger partial charge < -0.3 is 20.9 Å². The van der Waals surface area contributed by atoms with Crippen LogP contribution in [0.3, 0.4) is 0 Å². The van der Waals surface area contributed by atoms with E-state index in [2.05, 4.69) is 35.9 Å². The Labute approximate surface area is 183 Å². The first-order valence-electron chi connectivity index (χ1n) is 10.4. The summed E-state index contributed by atoms with van der Waals surface area (Å²) >= 11 is 0. The minimum atomic E-state index is -4.50. The van der Waals surface area contributed by atoms with Crippen LogP contribution in [0.4, 0.5) is 36.4 Å². The van der Waals surface area contributed by atoms with Crippen LogP contribution in [0, 0.1) is 12.8 Å². The van der Waals surface area contributed by atoms with Crippen LogP contribution in [0.1, 0.15) is 38.1 Å². The van der Waals surface area contributed by atoms with E-state index in [-0.39, 0.29) is 30.0 Å². The van der Waals surface area contributed by atoms with Gasteiger partial charge in [-0.3, -0.25) is 4.79 Å². The number of amides is 1. The number of likely N-dealkylation sites (N-methyl/N-ethyl adjacent to an activating group) is 1. The Balaban J connectivity index is 1.37. The van der Waals surface area contributed by atoms with Crippen molar-refractivity contribution in [2.75, 3.05) is 27.9 Å². The Kier molecular flexibility index (Phi) is 5.55. The molecular formula is C20H25F3N8O. The summed E-state index contributed by atoms with van der Waals surface area (Å²) in [6, 6.07) is -0.145. The highest BCUT2D eigenvalue weighted by Gasteiger charge is 2.36. The largest absolute Gasteiger partial charge is 0.434 e. The maximum absolute atomic E-state index is 12.6. The summed E-state index contributed by atoms with van der Waals surface area (Å²) in [6.45, 7) is 5.80. The van der Waals surface area contributed by atoms with E-state index >= 15 is 0 Å². The summed E-state index contributed by atoms with van der Waals surface area (Å²) < 4.78 is 37.8. The van der Waals surface area contributed by atoms with Gasteiger partial charge in [0.25, 0.3) is 0 Å². The van der Waals surface area contributed by atoms with Crippen LogP contribution in [0.25, 0.3) is 0 Å². The summed E-state index contributed by atoms with van der Waals surface area (Å²) in [5.74, 6) is 1.50. The van der Waals surface area contributed by atoms with Gasteiger partial charge in [-0.2, -0.15) is 18.2 Å². The smallest absolute Gasteiger partial charge is 0.366 e. The van der Waals surface area contributed by atoms with Crippen molar-refractivity contribution in [1.29, 1.82) is 0 Å². The molecule has 12 heteroatoms. The van der Waals surface area contributed by atoms with Crippen LogP contribution >= 0.6 is 0 Å². The maximum atomic E-state index is 12.6. The molecule has 1 atom stereocenters. The molecule has 2 aromatic heterocycles. The molecule has 1 saturated carbocycles. The van der Waals surface area contributed by atoms with Crippen LogP contribution in [0.5, 0.6) is 0 Å². The number of hydrogen-bond donors (Lipinski definition) is 3. The first kappa shape index (κ1) is 22.0. The number of nitrogens with zero attached hydrogens (tertiary/aromatic N) is 5. The zero-order valence-electron chi connectivity index (χ0n) is 18.2. The fourth-order valence-corrected chi connectivity index (χ4v) is 4.07. The Morgan fingerprint density at radius 3 is 2.41 bits per heavy atom. The molecule has 172 valence electrons. The summed E-state index contributed by atoms with van der Waals surface area (Å²) in [7, 11) is 1.85. The van der Waals surface area contributed by atoms with Gasteiger partial charge >= 0.3 is 6.18 Å². The zero-order valence-corrected chi connectivity index (χ0v) is 18.2. The molecule has 3 N–H and O–H groups in total. The third kappa shape index (κ3) is 4.26. The predicted octanol–water partition coefficient (Wildman–Crippen LogP) is 3.06. The molecule has 1 fully saturated rings. The van der Waals surface area contributed by atoms with Crippen LogP contribution < -0.4 is 20.9 Å². The van der Waals surface area contributed by atoms with Gasteiger partial charge in [0.1, 0.15) is 17.5 Å². The van der Waals surface area contributed by atoms with Gasteiger partial charge in [-0.1, -0.05) is 13.8 Å². The second kappa shape index (κ2) is 8.06. The fraction of sp³-hybridized carbons (Fsp3) is 0.550. The maximum Gasteiger partial charge on any atom is 0.434 e. The number of anilines is 4. The SMILES string of the molecule is Cc1nc(N[C@H]2C[C@@H](Nc3cnc(C(F)(F)F)cn3)C2)nc2c1NC(=O)C(C(C)C)N2C. The highest BCUT2D eigenvalue weighted by molar-refractivity contribution is 6.03. The number of alkyl halides is 3. The first-order chi connectivity index (χ1) is 15.0. The van der Waals surface area contributed by atoms with Gasteiger partial charge in [-0.05, 0) is 25.7 Å². The number of fused-ring (bicyclic) bond motifs is 1. The molecule has 0 spiro atoms.